The molecule has 2 rings (SSSR count). The van der Waals surface area contributed by atoms with Gasteiger partial charge in [-0.15, -0.1) is 0 Å². The second kappa shape index (κ2) is 4.45. The van der Waals surface area contributed by atoms with E-state index in [-0.39, 0.29) is 5.75 Å². The van der Waals surface area contributed by atoms with Gasteiger partial charge in [0.05, 0.1) is 10.6 Å². The van der Waals surface area contributed by atoms with E-state index in [1.807, 2.05) is 19.1 Å². The molecule has 88 valence electrons. The van der Waals surface area contributed by atoms with Crippen LogP contribution in [0.5, 0.6) is 0 Å². The Hall–Kier alpha value is -1.03. The van der Waals surface area contributed by atoms with Crippen LogP contribution in [0.2, 0.25) is 0 Å². The minimum absolute atomic E-state index is 0.225. The molecule has 0 amide bonds. The topological polar surface area (TPSA) is 46.2 Å². The van der Waals surface area contributed by atoms with Gasteiger partial charge in [-0.25, -0.2) is 8.42 Å². The third-order valence-electron chi connectivity index (χ3n) is 2.63. The summed E-state index contributed by atoms with van der Waals surface area (Å²) in [5.41, 5.74) is 1.01. The number of sulfone groups is 1. The van der Waals surface area contributed by atoms with Gasteiger partial charge < -0.3 is 5.32 Å². The zero-order valence-corrected chi connectivity index (χ0v) is 10.3. The van der Waals surface area contributed by atoms with Gasteiger partial charge in [-0.1, -0.05) is 6.92 Å². The number of nitrogens with one attached hydrogen (secondary N) is 1. The molecule has 0 spiro atoms. The Morgan fingerprint density at radius 2 is 1.88 bits per heavy atom. The van der Waals surface area contributed by atoms with Crippen LogP contribution in [0.3, 0.4) is 0 Å². The van der Waals surface area contributed by atoms with Gasteiger partial charge in [0.1, 0.15) is 0 Å². The summed E-state index contributed by atoms with van der Waals surface area (Å²) in [6.07, 6.45) is 3.09. The maximum absolute atomic E-state index is 11.8. The van der Waals surface area contributed by atoms with Crippen molar-refractivity contribution in [2.45, 2.75) is 37.1 Å². The van der Waals surface area contributed by atoms with Crippen molar-refractivity contribution in [1.29, 1.82) is 0 Å². The van der Waals surface area contributed by atoms with Crippen LogP contribution < -0.4 is 5.32 Å². The highest BCUT2D eigenvalue weighted by molar-refractivity contribution is 7.91. The van der Waals surface area contributed by atoms with Crippen LogP contribution in [-0.2, 0) is 9.84 Å². The van der Waals surface area contributed by atoms with Gasteiger partial charge in [0, 0.05) is 11.7 Å². The molecule has 1 aliphatic rings. The Bertz CT molecular complexity index is 446. The first kappa shape index (κ1) is 11.5. The highest BCUT2D eigenvalue weighted by atomic mass is 32.2. The number of anilines is 1. The zero-order valence-electron chi connectivity index (χ0n) is 9.44. The number of hydrogen-bond donors (Lipinski definition) is 1. The standard InChI is InChI=1S/C12H17NO2S/c1-2-9-16(14,15)12-7-5-11(6-8-12)13-10-3-4-10/h5-8,10,13H,2-4,9H2,1H3. The van der Waals surface area contributed by atoms with Gasteiger partial charge in [-0.05, 0) is 43.5 Å². The van der Waals surface area contributed by atoms with Crippen LogP contribution in [0.25, 0.3) is 0 Å². The van der Waals surface area contributed by atoms with Crippen LogP contribution in [0.4, 0.5) is 5.69 Å². The van der Waals surface area contributed by atoms with E-state index in [1.54, 1.807) is 12.1 Å². The van der Waals surface area contributed by atoms with E-state index in [1.165, 1.54) is 12.8 Å². The minimum Gasteiger partial charge on any atom is -0.382 e. The average Bonchev–Trinajstić information content (AvgIpc) is 3.02. The summed E-state index contributed by atoms with van der Waals surface area (Å²) in [4.78, 5) is 0.427. The predicted octanol–water partition coefficient (Wildman–Crippen LogP) is 2.44. The summed E-state index contributed by atoms with van der Waals surface area (Å²) in [6, 6.07) is 7.67. The summed E-state index contributed by atoms with van der Waals surface area (Å²) in [5, 5.41) is 3.33. The molecular formula is C12H17NO2S. The lowest BCUT2D eigenvalue weighted by atomic mass is 10.3. The number of hydrogen-bond acceptors (Lipinski definition) is 3. The average molecular weight is 239 g/mol. The second-order valence-electron chi connectivity index (χ2n) is 4.26. The summed E-state index contributed by atoms with van der Waals surface area (Å²) < 4.78 is 23.5. The minimum atomic E-state index is -3.07. The van der Waals surface area contributed by atoms with Gasteiger partial charge in [-0.3, -0.25) is 0 Å². The fourth-order valence-electron chi connectivity index (χ4n) is 1.61. The Kier molecular flexibility index (Phi) is 3.19. The predicted molar refractivity (Wildman–Crippen MR) is 65.4 cm³/mol. The third kappa shape index (κ3) is 2.76. The molecule has 1 saturated carbocycles. The van der Waals surface area contributed by atoms with E-state index in [9.17, 15) is 8.42 Å². The molecule has 1 N–H and O–H groups in total. The molecule has 4 heteroatoms. The van der Waals surface area contributed by atoms with Crippen molar-refractivity contribution >= 4 is 15.5 Å². The number of benzene rings is 1. The molecule has 1 aliphatic carbocycles. The van der Waals surface area contributed by atoms with Crippen LogP contribution in [0.15, 0.2) is 29.2 Å². The summed E-state index contributed by atoms with van der Waals surface area (Å²) >= 11 is 0. The fourth-order valence-corrected chi connectivity index (χ4v) is 2.93. The molecule has 0 unspecified atom stereocenters. The molecule has 0 bridgehead atoms. The molecule has 0 heterocycles. The highest BCUT2D eigenvalue weighted by Crippen LogP contribution is 2.25. The Morgan fingerprint density at radius 1 is 1.25 bits per heavy atom. The first-order chi connectivity index (χ1) is 7.62. The second-order valence-corrected chi connectivity index (χ2v) is 6.37. The first-order valence-electron chi connectivity index (χ1n) is 5.71. The molecule has 1 aromatic rings. The van der Waals surface area contributed by atoms with Crippen molar-refractivity contribution in [3.63, 3.8) is 0 Å². The summed E-state index contributed by atoms with van der Waals surface area (Å²) in [6.45, 7) is 1.88. The normalized spacial score (nSPS) is 16.1. The van der Waals surface area contributed by atoms with Crippen molar-refractivity contribution in [2.75, 3.05) is 11.1 Å². The highest BCUT2D eigenvalue weighted by Gasteiger charge is 2.21. The van der Waals surface area contributed by atoms with Crippen molar-refractivity contribution < 1.29 is 8.42 Å². The Morgan fingerprint density at radius 3 is 2.38 bits per heavy atom. The van der Waals surface area contributed by atoms with Gasteiger partial charge in [0.25, 0.3) is 0 Å². The number of rotatable bonds is 5. The van der Waals surface area contributed by atoms with Crippen LogP contribution in [-0.4, -0.2) is 20.2 Å². The van der Waals surface area contributed by atoms with E-state index in [2.05, 4.69) is 5.32 Å². The lowest BCUT2D eigenvalue weighted by Gasteiger charge is -2.06. The monoisotopic (exact) mass is 239 g/mol. The van der Waals surface area contributed by atoms with Gasteiger partial charge in [0.2, 0.25) is 0 Å². The van der Waals surface area contributed by atoms with E-state index in [0.717, 1.165) is 5.69 Å². The molecule has 0 aliphatic heterocycles. The van der Waals surface area contributed by atoms with Gasteiger partial charge in [0.15, 0.2) is 9.84 Å². The summed E-state index contributed by atoms with van der Waals surface area (Å²) in [7, 11) is -3.07. The molecule has 1 fully saturated rings. The summed E-state index contributed by atoms with van der Waals surface area (Å²) in [5.74, 6) is 0.225. The molecule has 0 aromatic heterocycles. The van der Waals surface area contributed by atoms with Crippen LogP contribution in [0.1, 0.15) is 26.2 Å². The lowest BCUT2D eigenvalue weighted by Crippen LogP contribution is -2.06. The van der Waals surface area contributed by atoms with Crippen molar-refractivity contribution in [3.05, 3.63) is 24.3 Å². The quantitative estimate of drug-likeness (QED) is 0.858. The van der Waals surface area contributed by atoms with Gasteiger partial charge >= 0.3 is 0 Å². The van der Waals surface area contributed by atoms with Crippen molar-refractivity contribution in [1.82, 2.24) is 0 Å². The van der Waals surface area contributed by atoms with Crippen molar-refractivity contribution in [2.24, 2.45) is 0 Å². The maximum Gasteiger partial charge on any atom is 0.178 e. The molecule has 0 atom stereocenters. The van der Waals surface area contributed by atoms with Crippen LogP contribution in [0, 0.1) is 0 Å². The third-order valence-corrected chi connectivity index (χ3v) is 4.57. The van der Waals surface area contributed by atoms with E-state index in [4.69, 9.17) is 0 Å². The molecule has 0 radical (unpaired) electrons. The largest absolute Gasteiger partial charge is 0.382 e. The Balaban J connectivity index is 2.11. The molecule has 1 aromatic carbocycles. The molecule has 3 nitrogen and oxygen atoms in total. The van der Waals surface area contributed by atoms with E-state index < -0.39 is 9.84 Å². The zero-order chi connectivity index (χ0) is 11.6. The van der Waals surface area contributed by atoms with Crippen molar-refractivity contribution in [3.8, 4) is 0 Å². The van der Waals surface area contributed by atoms with E-state index in [0.29, 0.717) is 17.4 Å². The fraction of sp³-hybridized carbons (Fsp3) is 0.500. The van der Waals surface area contributed by atoms with Crippen LogP contribution >= 0.6 is 0 Å². The SMILES string of the molecule is CCCS(=O)(=O)c1ccc(NC2CC2)cc1. The first-order valence-corrected chi connectivity index (χ1v) is 7.36. The molecule has 0 saturated heterocycles. The smallest absolute Gasteiger partial charge is 0.178 e. The molecule has 16 heavy (non-hydrogen) atoms. The molecular weight excluding hydrogens is 222 g/mol. The lowest BCUT2D eigenvalue weighted by molar-refractivity contribution is 0.595. The van der Waals surface area contributed by atoms with Gasteiger partial charge in [-0.2, -0.15) is 0 Å². The van der Waals surface area contributed by atoms with E-state index >= 15 is 0 Å². The Labute approximate surface area is 96.8 Å². The maximum atomic E-state index is 11.8.